The number of rotatable bonds is 10. The number of nitrogens with two attached hydrogens (primary N) is 1. The lowest BCUT2D eigenvalue weighted by atomic mass is 9.95. The van der Waals surface area contributed by atoms with Gasteiger partial charge in [0.2, 0.25) is 6.41 Å². The Kier molecular flexibility index (Phi) is 9.90. The first kappa shape index (κ1) is 38.0. The van der Waals surface area contributed by atoms with E-state index in [0.717, 1.165) is 27.6 Å². The highest BCUT2D eigenvalue weighted by Gasteiger charge is 2.28. The molecule has 0 radical (unpaired) electrons. The number of carbonyl (C=O) groups is 2. The van der Waals surface area contributed by atoms with Gasteiger partial charge in [-0.15, -0.1) is 10.2 Å². The molecule has 0 saturated heterocycles. The van der Waals surface area contributed by atoms with Gasteiger partial charge in [0.05, 0.1) is 27.8 Å². The van der Waals surface area contributed by atoms with Crippen LogP contribution in [-0.4, -0.2) is 22.4 Å². The molecule has 0 aromatic heterocycles. The second kappa shape index (κ2) is 15.6. The van der Waals surface area contributed by atoms with Crippen LogP contribution in [0.25, 0.3) is 32.7 Å². The lowest BCUT2D eigenvalue weighted by molar-refractivity contribution is -0.106. The fourth-order valence-corrected chi connectivity index (χ4v) is 7.90. The van der Waals surface area contributed by atoms with Crippen LogP contribution in [0.4, 0.5) is 34.1 Å². The summed E-state index contributed by atoms with van der Waals surface area (Å²) < 4.78 is 0. The lowest BCUT2D eigenvalue weighted by Crippen LogP contribution is -2.14. The summed E-state index contributed by atoms with van der Waals surface area (Å²) >= 11 is 6.43. The number of benzene rings is 8. The van der Waals surface area contributed by atoms with E-state index in [2.05, 4.69) is 20.5 Å². The minimum Gasteiger partial charge on any atom is -0.505 e. The highest BCUT2D eigenvalue weighted by Crippen LogP contribution is 2.48. The second-order valence-electron chi connectivity index (χ2n) is 14.2. The SMILES string of the molecule is Cc1cccc(C(ON)c2cc3ccccc3c(N=Nc3ccc4c(c3)C(=O)c3cc(N=Nc5c(O)c(N(C=O)c6ccccc6Cl)cc6ccccc56)ccc3-4)c2O)c1. The molecule has 8 aromatic rings. The van der Waals surface area contributed by atoms with Crippen LogP contribution in [0.2, 0.25) is 5.02 Å². The van der Waals surface area contributed by atoms with Crippen LogP contribution in [-0.2, 0) is 9.63 Å². The number of phenolic OH excluding ortho intramolecular Hbond substituents is 2. The third-order valence-electron chi connectivity index (χ3n) is 10.6. The van der Waals surface area contributed by atoms with E-state index in [-0.39, 0.29) is 34.3 Å². The molecule has 0 spiro atoms. The van der Waals surface area contributed by atoms with Gasteiger partial charge in [0.1, 0.15) is 23.2 Å². The minimum atomic E-state index is -0.772. The Labute approximate surface area is 348 Å². The molecule has 12 heteroatoms. The van der Waals surface area contributed by atoms with Gasteiger partial charge in [0.25, 0.3) is 0 Å². The van der Waals surface area contributed by atoms with Crippen molar-refractivity contribution in [1.29, 1.82) is 0 Å². The summed E-state index contributed by atoms with van der Waals surface area (Å²) in [4.78, 5) is 33.0. The van der Waals surface area contributed by atoms with Gasteiger partial charge in [0, 0.05) is 27.5 Å². The summed E-state index contributed by atoms with van der Waals surface area (Å²) in [5, 5.41) is 44.2. The summed E-state index contributed by atoms with van der Waals surface area (Å²) in [5.74, 6) is 5.16. The average Bonchev–Trinajstić information content (AvgIpc) is 3.54. The number of fused-ring (bicyclic) bond motifs is 5. The van der Waals surface area contributed by atoms with Gasteiger partial charge in [-0.05, 0) is 82.9 Å². The van der Waals surface area contributed by atoms with Crippen LogP contribution in [0.5, 0.6) is 11.5 Å². The zero-order valence-corrected chi connectivity index (χ0v) is 32.6. The van der Waals surface area contributed by atoms with Crippen molar-refractivity contribution < 1.29 is 24.6 Å². The minimum absolute atomic E-state index is 0.129. The average molecular weight is 809 g/mol. The standard InChI is InChI=1S/C48H33ClN6O5/c1-27-9-8-12-30(21-27)48(60-50)39-22-28-10-2-4-13-33(28)43(46(39)58)53-51-31-17-19-35-36-20-18-32(25-38(36)45(57)37(35)24-31)52-54-44-34-14-5-3-11-29(34)23-42(47(44)59)55(26-56)41-16-7-6-15-40(41)49/h2-26,48,58-59H,50H2,1H3. The summed E-state index contributed by atoms with van der Waals surface area (Å²) in [6.45, 7) is 1.96. The number of halogens is 1. The van der Waals surface area contributed by atoms with Crippen LogP contribution in [0.15, 0.2) is 166 Å². The number of hydrogen-bond acceptors (Lipinski definition) is 10. The first-order valence-electron chi connectivity index (χ1n) is 18.8. The van der Waals surface area contributed by atoms with Crippen molar-refractivity contribution in [3.05, 3.63) is 178 Å². The Balaban J connectivity index is 1.03. The van der Waals surface area contributed by atoms with Gasteiger partial charge in [-0.3, -0.25) is 19.3 Å². The molecule has 1 aliphatic carbocycles. The molecule has 0 aliphatic heterocycles. The maximum atomic E-state index is 13.9. The Morgan fingerprint density at radius 2 is 1.22 bits per heavy atom. The maximum Gasteiger partial charge on any atom is 0.218 e. The number of hydrogen-bond donors (Lipinski definition) is 3. The number of aryl methyl sites for hydroxylation is 1. The molecule has 1 unspecified atom stereocenters. The maximum absolute atomic E-state index is 13.9. The molecule has 4 N–H and O–H groups in total. The number of carbonyl (C=O) groups excluding carboxylic acids is 2. The molecule has 1 aliphatic rings. The van der Waals surface area contributed by atoms with E-state index in [1.54, 1.807) is 66.7 Å². The topological polar surface area (TPSA) is 163 Å². The van der Waals surface area contributed by atoms with Crippen molar-refractivity contribution >= 4 is 79.5 Å². The number of para-hydroxylation sites is 1. The molecule has 292 valence electrons. The van der Waals surface area contributed by atoms with Gasteiger partial charge in [0.15, 0.2) is 11.5 Å². The molecule has 1 amide bonds. The van der Waals surface area contributed by atoms with Crippen molar-refractivity contribution in [2.45, 2.75) is 13.0 Å². The zero-order valence-electron chi connectivity index (χ0n) is 31.8. The molecule has 1 atom stereocenters. The molecule has 0 saturated carbocycles. The molecule has 8 aromatic carbocycles. The number of phenols is 2. The van der Waals surface area contributed by atoms with E-state index in [4.69, 9.17) is 22.3 Å². The molecule has 0 heterocycles. The molecule has 60 heavy (non-hydrogen) atoms. The first-order chi connectivity index (χ1) is 29.2. The monoisotopic (exact) mass is 808 g/mol. The summed E-state index contributed by atoms with van der Waals surface area (Å²) in [6, 6.07) is 43.2. The van der Waals surface area contributed by atoms with E-state index >= 15 is 0 Å². The number of azo groups is 2. The molecule has 0 bridgehead atoms. The lowest BCUT2D eigenvalue weighted by Gasteiger charge is -2.21. The quantitative estimate of drug-likeness (QED) is 0.0707. The van der Waals surface area contributed by atoms with Gasteiger partial charge in [-0.25, -0.2) is 5.90 Å². The highest BCUT2D eigenvalue weighted by molar-refractivity contribution is 6.34. The first-order valence-corrected chi connectivity index (χ1v) is 19.2. The second-order valence-corrected chi connectivity index (χ2v) is 14.7. The molecular formula is C48H33ClN6O5. The Morgan fingerprint density at radius 1 is 0.633 bits per heavy atom. The van der Waals surface area contributed by atoms with Crippen molar-refractivity contribution in [3.8, 4) is 22.6 Å². The normalized spacial score (nSPS) is 12.7. The Morgan fingerprint density at radius 3 is 1.82 bits per heavy atom. The molecule has 0 fully saturated rings. The van der Waals surface area contributed by atoms with E-state index < -0.39 is 6.10 Å². The summed E-state index contributed by atoms with van der Waals surface area (Å²) in [5.41, 5.74) is 6.19. The van der Waals surface area contributed by atoms with Crippen molar-refractivity contribution in [2.24, 2.45) is 26.4 Å². The van der Waals surface area contributed by atoms with E-state index in [1.807, 2.05) is 85.8 Å². The fourth-order valence-electron chi connectivity index (χ4n) is 7.68. The Hall–Kier alpha value is -7.57. The van der Waals surface area contributed by atoms with Crippen molar-refractivity contribution in [2.75, 3.05) is 4.90 Å². The smallest absolute Gasteiger partial charge is 0.218 e. The largest absolute Gasteiger partial charge is 0.505 e. The number of aromatic hydroxyl groups is 2. The van der Waals surface area contributed by atoms with Gasteiger partial charge >= 0.3 is 0 Å². The van der Waals surface area contributed by atoms with E-state index in [0.29, 0.717) is 61.3 Å². The number of amides is 1. The molecular weight excluding hydrogens is 776 g/mol. The third kappa shape index (κ3) is 6.72. The van der Waals surface area contributed by atoms with Crippen LogP contribution in [0.1, 0.15) is 38.7 Å². The van der Waals surface area contributed by atoms with Crippen LogP contribution in [0, 0.1) is 6.92 Å². The summed E-state index contributed by atoms with van der Waals surface area (Å²) in [7, 11) is 0. The zero-order chi connectivity index (χ0) is 41.5. The number of ketones is 1. The molecule has 11 nitrogen and oxygen atoms in total. The van der Waals surface area contributed by atoms with E-state index in [1.165, 1.54) is 4.90 Å². The Bertz CT molecular complexity index is 3110. The number of anilines is 2. The highest BCUT2D eigenvalue weighted by atomic mass is 35.5. The van der Waals surface area contributed by atoms with Gasteiger partial charge in [-0.1, -0.05) is 114 Å². The summed E-state index contributed by atoms with van der Waals surface area (Å²) in [6.07, 6.45) is -0.196. The predicted molar refractivity (Wildman–Crippen MR) is 233 cm³/mol. The van der Waals surface area contributed by atoms with Gasteiger partial charge < -0.3 is 10.2 Å². The molecule has 9 rings (SSSR count). The van der Waals surface area contributed by atoms with Gasteiger partial charge in [-0.2, -0.15) is 10.2 Å². The van der Waals surface area contributed by atoms with Crippen LogP contribution >= 0.6 is 11.6 Å². The van der Waals surface area contributed by atoms with E-state index in [9.17, 15) is 19.8 Å². The van der Waals surface area contributed by atoms with Crippen molar-refractivity contribution in [3.63, 3.8) is 0 Å². The van der Waals surface area contributed by atoms with Crippen LogP contribution in [0.3, 0.4) is 0 Å². The fraction of sp³-hybridized carbons (Fsp3) is 0.0417. The predicted octanol–water partition coefficient (Wildman–Crippen LogP) is 12.7. The van der Waals surface area contributed by atoms with Crippen molar-refractivity contribution in [1.82, 2.24) is 0 Å². The van der Waals surface area contributed by atoms with Crippen LogP contribution < -0.4 is 10.8 Å². The number of nitrogens with zero attached hydrogens (tertiary/aromatic N) is 5. The third-order valence-corrected chi connectivity index (χ3v) is 10.9.